The molecule has 0 aliphatic carbocycles. The second-order valence-electron chi connectivity index (χ2n) is 4.18. The van der Waals surface area contributed by atoms with Gasteiger partial charge in [0.2, 0.25) is 5.91 Å². The van der Waals surface area contributed by atoms with E-state index in [1.165, 1.54) is 0 Å². The van der Waals surface area contributed by atoms with Crippen LogP contribution in [0.5, 0.6) is 0 Å². The predicted octanol–water partition coefficient (Wildman–Crippen LogP) is 1.96. The van der Waals surface area contributed by atoms with Crippen molar-refractivity contribution in [2.75, 3.05) is 0 Å². The molecule has 1 fully saturated rings. The first-order chi connectivity index (χ1) is 8.24. The number of para-hydroxylation sites is 1. The first-order valence-electron chi connectivity index (χ1n) is 5.45. The molecule has 1 aromatic carbocycles. The maximum atomic E-state index is 11.7. The van der Waals surface area contributed by atoms with Gasteiger partial charge in [0.15, 0.2) is 0 Å². The Hall–Kier alpha value is -1.27. The fourth-order valence-corrected chi connectivity index (χ4v) is 2.40. The third-order valence-electron chi connectivity index (χ3n) is 3.03. The van der Waals surface area contributed by atoms with E-state index in [0.29, 0.717) is 18.0 Å². The second kappa shape index (κ2) is 5.16. The number of hydrogen-bond acceptors (Lipinski definition) is 4. The van der Waals surface area contributed by atoms with Gasteiger partial charge in [-0.3, -0.25) is 4.79 Å². The first-order valence-corrected chi connectivity index (χ1v) is 5.86. The summed E-state index contributed by atoms with van der Waals surface area (Å²) in [5, 5.41) is 2.68. The van der Waals surface area contributed by atoms with Gasteiger partial charge in [-0.1, -0.05) is 30.4 Å². The molecule has 0 saturated carbocycles. The molecule has 18 heavy (non-hydrogen) atoms. The molecule has 94 valence electrons. The molecule has 0 bridgehead atoms. The Balaban J connectivity index is 0.00000120. The van der Waals surface area contributed by atoms with Gasteiger partial charge in [0, 0.05) is 13.0 Å². The van der Waals surface area contributed by atoms with E-state index in [1.54, 1.807) is 6.34 Å². The molecule has 0 radical (unpaired) electrons. The fourth-order valence-electron chi connectivity index (χ4n) is 2.14. The Morgan fingerprint density at radius 2 is 2.17 bits per heavy atom. The normalized spacial score (nSPS) is 21.3. The molecule has 1 aromatic rings. The van der Waals surface area contributed by atoms with E-state index >= 15 is 0 Å². The number of carbonyl (C=O) groups is 1. The lowest BCUT2D eigenvalue weighted by molar-refractivity contribution is -0.122. The number of amides is 1. The van der Waals surface area contributed by atoms with Gasteiger partial charge >= 0.3 is 0 Å². The van der Waals surface area contributed by atoms with Crippen LogP contribution in [0.15, 0.2) is 29.3 Å². The molecule has 1 N–H and O–H groups in total. The van der Waals surface area contributed by atoms with E-state index in [-0.39, 0.29) is 28.9 Å². The number of nitrogens with zero attached hydrogens (tertiary/aromatic N) is 2. The van der Waals surface area contributed by atoms with Crippen molar-refractivity contribution in [3.63, 3.8) is 0 Å². The summed E-state index contributed by atoms with van der Waals surface area (Å²) in [4.78, 5) is 18.6. The van der Waals surface area contributed by atoms with Crippen LogP contribution in [0.2, 0.25) is 0 Å². The van der Waals surface area contributed by atoms with Crippen molar-refractivity contribution in [2.45, 2.75) is 19.0 Å². The highest BCUT2D eigenvalue weighted by molar-refractivity contribution is 8.93. The maximum absolute atomic E-state index is 11.7. The van der Waals surface area contributed by atoms with Crippen LogP contribution in [0, 0.1) is 0 Å². The Morgan fingerprint density at radius 1 is 1.39 bits per heavy atom. The Morgan fingerprint density at radius 3 is 2.89 bits per heavy atom. The summed E-state index contributed by atoms with van der Waals surface area (Å²) < 4.78 is 0. The van der Waals surface area contributed by atoms with Crippen molar-refractivity contribution < 1.29 is 4.79 Å². The Bertz CT molecular complexity index is 532. The van der Waals surface area contributed by atoms with Gasteiger partial charge in [-0.2, -0.15) is 0 Å². The van der Waals surface area contributed by atoms with Crippen molar-refractivity contribution in [3.8, 4) is 0 Å². The number of fused-ring (bicyclic) bond motifs is 1. The summed E-state index contributed by atoms with van der Waals surface area (Å²) in [7, 11) is 0. The molecule has 1 atom stereocenters. The van der Waals surface area contributed by atoms with E-state index in [4.69, 9.17) is 12.2 Å². The zero-order chi connectivity index (χ0) is 11.8. The molecule has 6 heteroatoms. The molecule has 4 nitrogen and oxygen atoms in total. The summed E-state index contributed by atoms with van der Waals surface area (Å²) in [5.41, 5.74) is 2.12. The standard InChI is InChI=1S/C12H11N3OS.BrH/c16-12-10(5-11(17)14-12)15-6-8-3-1-2-4-9(8)13-7-15;/h1-4,7,10H,5-6H2,(H,14,16,17);1H. The van der Waals surface area contributed by atoms with E-state index in [0.717, 1.165) is 11.3 Å². The third-order valence-corrected chi connectivity index (χ3v) is 3.30. The quantitative estimate of drug-likeness (QED) is 0.803. The van der Waals surface area contributed by atoms with Gasteiger partial charge in [-0.25, -0.2) is 4.99 Å². The monoisotopic (exact) mass is 325 g/mol. The van der Waals surface area contributed by atoms with Gasteiger partial charge < -0.3 is 10.2 Å². The van der Waals surface area contributed by atoms with Gasteiger partial charge in [0.25, 0.3) is 0 Å². The minimum absolute atomic E-state index is 0. The average Bonchev–Trinajstić information content (AvgIpc) is 2.68. The largest absolute Gasteiger partial charge is 0.346 e. The number of aliphatic imine (C=N–C) groups is 1. The zero-order valence-electron chi connectivity index (χ0n) is 9.50. The number of halogens is 1. The van der Waals surface area contributed by atoms with Crippen molar-refractivity contribution in [2.24, 2.45) is 4.99 Å². The van der Waals surface area contributed by atoms with Gasteiger partial charge in [0.05, 0.1) is 17.0 Å². The Kier molecular flexibility index (Phi) is 3.77. The van der Waals surface area contributed by atoms with Gasteiger partial charge in [0.1, 0.15) is 6.04 Å². The van der Waals surface area contributed by atoms with Crippen LogP contribution in [-0.4, -0.2) is 28.2 Å². The molecule has 3 rings (SSSR count). The Labute approximate surface area is 121 Å². The average molecular weight is 326 g/mol. The van der Waals surface area contributed by atoms with Crippen LogP contribution in [0.1, 0.15) is 12.0 Å². The lowest BCUT2D eigenvalue weighted by atomic mass is 10.1. The predicted molar refractivity (Wildman–Crippen MR) is 79.6 cm³/mol. The van der Waals surface area contributed by atoms with Crippen molar-refractivity contribution in [1.82, 2.24) is 10.2 Å². The first kappa shape index (κ1) is 13.2. The summed E-state index contributed by atoms with van der Waals surface area (Å²) in [6.07, 6.45) is 2.32. The minimum atomic E-state index is -0.209. The summed E-state index contributed by atoms with van der Waals surface area (Å²) in [5.74, 6) is -0.0270. The van der Waals surface area contributed by atoms with E-state index in [1.807, 2.05) is 29.2 Å². The maximum Gasteiger partial charge on any atom is 0.247 e. The third kappa shape index (κ3) is 2.30. The summed E-state index contributed by atoms with van der Waals surface area (Å²) in [6, 6.07) is 7.74. The number of carbonyl (C=O) groups excluding carboxylic acids is 1. The number of nitrogens with one attached hydrogen (secondary N) is 1. The number of hydrogen-bond donors (Lipinski definition) is 1. The molecule has 1 unspecified atom stereocenters. The molecule has 2 aliphatic rings. The van der Waals surface area contributed by atoms with Crippen molar-refractivity contribution in [1.29, 1.82) is 0 Å². The van der Waals surface area contributed by atoms with Crippen LogP contribution in [0.4, 0.5) is 5.69 Å². The summed E-state index contributed by atoms with van der Waals surface area (Å²) >= 11 is 5.02. The van der Waals surface area contributed by atoms with Crippen LogP contribution >= 0.6 is 29.2 Å². The van der Waals surface area contributed by atoms with Crippen LogP contribution < -0.4 is 5.32 Å². The molecule has 1 amide bonds. The number of thiocarbonyl (C=S) groups is 1. The van der Waals surface area contributed by atoms with E-state index < -0.39 is 0 Å². The lowest BCUT2D eigenvalue weighted by Gasteiger charge is -2.27. The molecule has 2 heterocycles. The number of rotatable bonds is 1. The van der Waals surface area contributed by atoms with Crippen LogP contribution in [-0.2, 0) is 11.3 Å². The molecular weight excluding hydrogens is 314 g/mol. The van der Waals surface area contributed by atoms with Crippen LogP contribution in [0.25, 0.3) is 0 Å². The molecule has 2 aliphatic heterocycles. The van der Waals surface area contributed by atoms with Gasteiger partial charge in [-0.05, 0) is 11.6 Å². The molecule has 1 saturated heterocycles. The van der Waals surface area contributed by atoms with Crippen molar-refractivity contribution >= 4 is 52.1 Å². The summed E-state index contributed by atoms with van der Waals surface area (Å²) in [6.45, 7) is 0.709. The molecule has 0 spiro atoms. The molecular formula is C12H12BrN3OS. The van der Waals surface area contributed by atoms with E-state index in [2.05, 4.69) is 10.3 Å². The second-order valence-corrected chi connectivity index (χ2v) is 4.67. The smallest absolute Gasteiger partial charge is 0.247 e. The lowest BCUT2D eigenvalue weighted by Crippen LogP contribution is -2.40. The van der Waals surface area contributed by atoms with Crippen LogP contribution in [0.3, 0.4) is 0 Å². The zero-order valence-corrected chi connectivity index (χ0v) is 12.0. The minimum Gasteiger partial charge on any atom is -0.346 e. The fraction of sp³-hybridized carbons (Fsp3) is 0.250. The topological polar surface area (TPSA) is 44.7 Å². The van der Waals surface area contributed by atoms with E-state index in [9.17, 15) is 4.79 Å². The SMILES string of the molecule is Br.O=C1NC(=S)CC1N1C=Nc2ccccc2C1. The molecule has 0 aromatic heterocycles. The van der Waals surface area contributed by atoms with Crippen molar-refractivity contribution in [3.05, 3.63) is 29.8 Å². The van der Waals surface area contributed by atoms with Gasteiger partial charge in [-0.15, -0.1) is 17.0 Å². The highest BCUT2D eigenvalue weighted by Crippen LogP contribution is 2.25. The number of benzene rings is 1. The highest BCUT2D eigenvalue weighted by Gasteiger charge is 2.33. The highest BCUT2D eigenvalue weighted by atomic mass is 79.9.